The highest BCUT2D eigenvalue weighted by atomic mass is 16.7. The smallest absolute Gasteiger partial charge is 0.256 e. The average Bonchev–Trinajstić information content (AvgIpc) is 2.88. The number of hydrogen-bond donors (Lipinski definition) is 1. The van der Waals surface area contributed by atoms with Gasteiger partial charge in [-0.25, -0.2) is 0 Å². The van der Waals surface area contributed by atoms with Crippen LogP contribution in [-0.4, -0.2) is 43.7 Å². The first-order valence-electron chi connectivity index (χ1n) is 6.23. The zero-order valence-electron chi connectivity index (χ0n) is 10.4. The lowest BCUT2D eigenvalue weighted by atomic mass is 10.1. The number of nitrogens with zero attached hydrogens (tertiary/aromatic N) is 1. The standard InChI is InChI=1S/C13H15NO5/c15-5-3-11-13(16)14(4-6-17-11)9-1-2-10-12(7-9)19-8-18-10/h1-2,7,11,15H,3-6,8H2. The third-order valence-corrected chi connectivity index (χ3v) is 3.23. The summed E-state index contributed by atoms with van der Waals surface area (Å²) in [6.45, 7) is 1.11. The van der Waals surface area contributed by atoms with Gasteiger partial charge in [0.25, 0.3) is 5.91 Å². The van der Waals surface area contributed by atoms with Crippen LogP contribution in [0, 0.1) is 0 Å². The van der Waals surface area contributed by atoms with Crippen LogP contribution < -0.4 is 14.4 Å². The van der Waals surface area contributed by atoms with Crippen molar-refractivity contribution in [3.63, 3.8) is 0 Å². The van der Waals surface area contributed by atoms with Crippen molar-refractivity contribution >= 4 is 11.6 Å². The Morgan fingerprint density at radius 1 is 1.32 bits per heavy atom. The molecular formula is C13H15NO5. The van der Waals surface area contributed by atoms with Gasteiger partial charge in [-0.05, 0) is 12.1 Å². The van der Waals surface area contributed by atoms with E-state index < -0.39 is 6.10 Å². The number of carbonyl (C=O) groups is 1. The molecule has 1 aromatic carbocycles. The Morgan fingerprint density at radius 3 is 3.00 bits per heavy atom. The van der Waals surface area contributed by atoms with Crippen LogP contribution in [0.3, 0.4) is 0 Å². The molecule has 1 fully saturated rings. The molecule has 0 saturated carbocycles. The third kappa shape index (κ3) is 2.24. The Labute approximate surface area is 110 Å². The summed E-state index contributed by atoms with van der Waals surface area (Å²) in [4.78, 5) is 13.9. The highest BCUT2D eigenvalue weighted by molar-refractivity contribution is 5.97. The average molecular weight is 265 g/mol. The number of rotatable bonds is 3. The molecule has 3 rings (SSSR count). The maximum absolute atomic E-state index is 12.2. The quantitative estimate of drug-likeness (QED) is 0.863. The molecule has 2 aliphatic heterocycles. The van der Waals surface area contributed by atoms with Crippen LogP contribution in [0.25, 0.3) is 0 Å². The van der Waals surface area contributed by atoms with Crippen molar-refractivity contribution < 1.29 is 24.1 Å². The number of hydrogen-bond acceptors (Lipinski definition) is 5. The van der Waals surface area contributed by atoms with E-state index in [9.17, 15) is 4.79 Å². The topological polar surface area (TPSA) is 68.2 Å². The van der Waals surface area contributed by atoms with E-state index in [0.29, 0.717) is 31.1 Å². The molecule has 102 valence electrons. The Hall–Kier alpha value is -1.79. The normalized spacial score (nSPS) is 21.8. The van der Waals surface area contributed by atoms with E-state index in [1.54, 1.807) is 17.0 Å². The second-order valence-electron chi connectivity index (χ2n) is 4.40. The van der Waals surface area contributed by atoms with E-state index in [4.69, 9.17) is 19.3 Å². The van der Waals surface area contributed by atoms with Crippen molar-refractivity contribution in [1.29, 1.82) is 0 Å². The molecule has 1 N–H and O–H groups in total. The van der Waals surface area contributed by atoms with Crippen molar-refractivity contribution in [2.75, 3.05) is 31.5 Å². The lowest BCUT2D eigenvalue weighted by Crippen LogP contribution is -2.48. The van der Waals surface area contributed by atoms with Gasteiger partial charge in [-0.1, -0.05) is 0 Å². The zero-order valence-corrected chi connectivity index (χ0v) is 10.4. The fourth-order valence-corrected chi connectivity index (χ4v) is 2.28. The molecule has 2 aliphatic rings. The maximum atomic E-state index is 12.2. The Morgan fingerprint density at radius 2 is 2.16 bits per heavy atom. The maximum Gasteiger partial charge on any atom is 0.256 e. The number of aliphatic hydroxyl groups is 1. The fraction of sp³-hybridized carbons (Fsp3) is 0.462. The molecule has 6 heteroatoms. The summed E-state index contributed by atoms with van der Waals surface area (Å²) in [5.74, 6) is 1.21. The molecular weight excluding hydrogens is 250 g/mol. The summed E-state index contributed by atoms with van der Waals surface area (Å²) in [6.07, 6.45) is -0.246. The van der Waals surface area contributed by atoms with Crippen LogP contribution in [-0.2, 0) is 9.53 Å². The molecule has 1 aromatic rings. The second kappa shape index (κ2) is 5.07. The van der Waals surface area contributed by atoms with Gasteiger partial charge in [0.1, 0.15) is 6.10 Å². The molecule has 1 amide bonds. The first-order chi connectivity index (χ1) is 9.29. The summed E-state index contributed by atoms with van der Waals surface area (Å²) in [5, 5.41) is 8.93. The lowest BCUT2D eigenvalue weighted by Gasteiger charge is -2.32. The molecule has 0 bridgehead atoms. The minimum absolute atomic E-state index is 0.0641. The summed E-state index contributed by atoms with van der Waals surface area (Å²) in [5.41, 5.74) is 0.764. The molecule has 0 aliphatic carbocycles. The molecule has 2 heterocycles. The van der Waals surface area contributed by atoms with Crippen LogP contribution >= 0.6 is 0 Å². The van der Waals surface area contributed by atoms with Gasteiger partial charge in [0.05, 0.1) is 6.61 Å². The largest absolute Gasteiger partial charge is 0.454 e. The molecule has 6 nitrogen and oxygen atoms in total. The van der Waals surface area contributed by atoms with Crippen molar-refractivity contribution in [3.05, 3.63) is 18.2 Å². The van der Waals surface area contributed by atoms with Gasteiger partial charge in [0, 0.05) is 31.3 Å². The molecule has 1 unspecified atom stereocenters. The van der Waals surface area contributed by atoms with E-state index in [2.05, 4.69) is 0 Å². The third-order valence-electron chi connectivity index (χ3n) is 3.23. The fourth-order valence-electron chi connectivity index (χ4n) is 2.28. The predicted octanol–water partition coefficient (Wildman–Crippen LogP) is 0.529. The number of benzene rings is 1. The van der Waals surface area contributed by atoms with E-state index in [1.165, 1.54) is 0 Å². The monoisotopic (exact) mass is 265 g/mol. The van der Waals surface area contributed by atoms with E-state index in [1.807, 2.05) is 6.07 Å². The highest BCUT2D eigenvalue weighted by Gasteiger charge is 2.30. The first kappa shape index (κ1) is 12.3. The lowest BCUT2D eigenvalue weighted by molar-refractivity contribution is -0.134. The first-order valence-corrected chi connectivity index (χ1v) is 6.23. The van der Waals surface area contributed by atoms with Crippen molar-refractivity contribution in [2.45, 2.75) is 12.5 Å². The number of fused-ring (bicyclic) bond motifs is 1. The number of amides is 1. The molecule has 1 atom stereocenters. The van der Waals surface area contributed by atoms with Crippen LogP contribution in [0.2, 0.25) is 0 Å². The van der Waals surface area contributed by atoms with E-state index >= 15 is 0 Å². The molecule has 1 saturated heterocycles. The highest BCUT2D eigenvalue weighted by Crippen LogP contribution is 2.36. The van der Waals surface area contributed by atoms with Crippen LogP contribution in [0.5, 0.6) is 11.5 Å². The molecule has 0 spiro atoms. The summed E-state index contributed by atoms with van der Waals surface area (Å²) in [6, 6.07) is 5.41. The summed E-state index contributed by atoms with van der Waals surface area (Å²) < 4.78 is 15.9. The SMILES string of the molecule is O=C1C(CCO)OCCN1c1ccc2c(c1)OCO2. The number of aliphatic hydroxyl groups excluding tert-OH is 1. The van der Waals surface area contributed by atoms with E-state index in [-0.39, 0.29) is 19.3 Å². The zero-order chi connectivity index (χ0) is 13.2. The summed E-state index contributed by atoms with van der Waals surface area (Å²) >= 11 is 0. The van der Waals surface area contributed by atoms with Gasteiger partial charge in [-0.2, -0.15) is 0 Å². The van der Waals surface area contributed by atoms with Crippen LogP contribution in [0.1, 0.15) is 6.42 Å². The van der Waals surface area contributed by atoms with Gasteiger partial charge in [-0.15, -0.1) is 0 Å². The van der Waals surface area contributed by atoms with Gasteiger partial charge >= 0.3 is 0 Å². The summed E-state index contributed by atoms with van der Waals surface area (Å²) in [7, 11) is 0. The van der Waals surface area contributed by atoms with Crippen molar-refractivity contribution in [3.8, 4) is 11.5 Å². The molecule has 19 heavy (non-hydrogen) atoms. The predicted molar refractivity (Wildman–Crippen MR) is 66.4 cm³/mol. The van der Waals surface area contributed by atoms with E-state index in [0.717, 1.165) is 5.69 Å². The number of ether oxygens (including phenoxy) is 3. The Kier molecular flexibility index (Phi) is 3.27. The molecule has 0 radical (unpaired) electrons. The number of anilines is 1. The molecule has 0 aromatic heterocycles. The minimum Gasteiger partial charge on any atom is -0.454 e. The Balaban J connectivity index is 1.83. The second-order valence-corrected chi connectivity index (χ2v) is 4.40. The van der Waals surface area contributed by atoms with Crippen LogP contribution in [0.15, 0.2) is 18.2 Å². The van der Waals surface area contributed by atoms with Gasteiger partial charge in [0.2, 0.25) is 6.79 Å². The number of morpholine rings is 1. The Bertz CT molecular complexity index is 488. The number of carbonyl (C=O) groups excluding carboxylic acids is 1. The van der Waals surface area contributed by atoms with Crippen LogP contribution in [0.4, 0.5) is 5.69 Å². The van der Waals surface area contributed by atoms with Crippen molar-refractivity contribution in [1.82, 2.24) is 0 Å². The minimum atomic E-state index is -0.566. The van der Waals surface area contributed by atoms with Gasteiger partial charge in [-0.3, -0.25) is 4.79 Å². The van der Waals surface area contributed by atoms with Gasteiger partial charge in [0.15, 0.2) is 11.5 Å². The van der Waals surface area contributed by atoms with Gasteiger partial charge < -0.3 is 24.2 Å². The van der Waals surface area contributed by atoms with Crippen molar-refractivity contribution in [2.24, 2.45) is 0 Å².